The minimum atomic E-state index is -3.99. The third kappa shape index (κ3) is 4.76. The number of benzene rings is 2. The summed E-state index contributed by atoms with van der Waals surface area (Å²) < 4.78 is 46.2. The fourth-order valence-electron chi connectivity index (χ4n) is 3.66. The quantitative estimate of drug-likeness (QED) is 0.803. The van der Waals surface area contributed by atoms with Crippen LogP contribution in [0.15, 0.2) is 41.3 Å². The van der Waals surface area contributed by atoms with Gasteiger partial charge in [-0.2, -0.15) is 4.31 Å². The van der Waals surface area contributed by atoms with Crippen molar-refractivity contribution in [3.05, 3.63) is 53.3 Å². The Hall–Kier alpha value is -2.45. The Morgan fingerprint density at radius 1 is 1.17 bits per heavy atom. The number of hydrogen-bond donors (Lipinski definition) is 1. The van der Waals surface area contributed by atoms with Crippen molar-refractivity contribution >= 4 is 21.6 Å². The lowest BCUT2D eigenvalue weighted by Crippen LogP contribution is -2.43. The van der Waals surface area contributed by atoms with Crippen molar-refractivity contribution in [3.8, 4) is 5.75 Å². The first kappa shape index (κ1) is 21.3. The maximum atomic E-state index is 13.7. The largest absolute Gasteiger partial charge is 0.495 e. The molecule has 6 nitrogen and oxygen atoms in total. The minimum absolute atomic E-state index is 0.0403. The molecule has 1 amide bonds. The first-order valence-electron chi connectivity index (χ1n) is 9.43. The molecule has 1 N–H and O–H groups in total. The lowest BCUT2D eigenvalue weighted by Gasteiger charge is -2.31. The van der Waals surface area contributed by atoms with Crippen LogP contribution in [0.4, 0.5) is 10.1 Å². The van der Waals surface area contributed by atoms with E-state index in [1.807, 2.05) is 32.0 Å². The summed E-state index contributed by atoms with van der Waals surface area (Å²) in [4.78, 5) is 12.5. The summed E-state index contributed by atoms with van der Waals surface area (Å²) in [5, 5.41) is 2.89. The lowest BCUT2D eigenvalue weighted by molar-refractivity contribution is -0.120. The van der Waals surface area contributed by atoms with Gasteiger partial charge in [0.25, 0.3) is 0 Å². The van der Waals surface area contributed by atoms with Crippen LogP contribution in [0, 0.1) is 25.6 Å². The highest BCUT2D eigenvalue weighted by atomic mass is 32.2. The number of nitrogens with zero attached hydrogens (tertiary/aromatic N) is 1. The molecule has 0 aromatic heterocycles. The summed E-state index contributed by atoms with van der Waals surface area (Å²) >= 11 is 0. The topological polar surface area (TPSA) is 75.7 Å². The van der Waals surface area contributed by atoms with Gasteiger partial charge in [-0.25, -0.2) is 12.8 Å². The van der Waals surface area contributed by atoms with Crippen molar-refractivity contribution in [2.75, 3.05) is 25.5 Å². The third-order valence-corrected chi connectivity index (χ3v) is 6.87. The molecule has 0 bridgehead atoms. The number of nitrogens with one attached hydrogen (secondary N) is 1. The van der Waals surface area contributed by atoms with E-state index < -0.39 is 21.8 Å². The number of carbonyl (C=O) groups is 1. The van der Waals surface area contributed by atoms with Crippen LogP contribution in [0.25, 0.3) is 0 Å². The molecule has 1 heterocycles. The van der Waals surface area contributed by atoms with Crippen molar-refractivity contribution in [2.24, 2.45) is 5.92 Å². The molecule has 0 radical (unpaired) electrons. The number of halogens is 1. The molecule has 8 heteroatoms. The third-order valence-electron chi connectivity index (χ3n) is 4.99. The van der Waals surface area contributed by atoms with Crippen LogP contribution in [0.3, 0.4) is 0 Å². The summed E-state index contributed by atoms with van der Waals surface area (Å²) in [6, 6.07) is 9.15. The van der Waals surface area contributed by atoms with Gasteiger partial charge in [0.2, 0.25) is 15.9 Å². The van der Waals surface area contributed by atoms with E-state index in [1.54, 1.807) is 0 Å². The number of piperidine rings is 1. The minimum Gasteiger partial charge on any atom is -0.495 e. The van der Waals surface area contributed by atoms with Crippen LogP contribution in [0.5, 0.6) is 5.75 Å². The highest BCUT2D eigenvalue weighted by molar-refractivity contribution is 7.89. The highest BCUT2D eigenvalue weighted by Gasteiger charge is 2.35. The Kier molecular flexibility index (Phi) is 6.24. The second kappa shape index (κ2) is 8.51. The molecule has 1 aliphatic heterocycles. The molecule has 2 aromatic rings. The number of carbonyl (C=O) groups excluding carboxylic acids is 1. The fourth-order valence-corrected chi connectivity index (χ4v) is 5.35. The van der Waals surface area contributed by atoms with Crippen molar-refractivity contribution in [1.29, 1.82) is 0 Å². The normalized spacial score (nSPS) is 17.7. The molecule has 29 heavy (non-hydrogen) atoms. The summed E-state index contributed by atoms with van der Waals surface area (Å²) in [6.07, 6.45) is 1.13. The number of amides is 1. The number of hydrogen-bond acceptors (Lipinski definition) is 4. The number of anilines is 1. The van der Waals surface area contributed by atoms with E-state index >= 15 is 0 Å². The molecular weight excluding hydrogens is 395 g/mol. The molecule has 0 spiro atoms. The Labute approximate surface area is 170 Å². The van der Waals surface area contributed by atoms with Crippen LogP contribution in [-0.2, 0) is 14.8 Å². The second-order valence-electron chi connectivity index (χ2n) is 7.36. The van der Waals surface area contributed by atoms with Crippen molar-refractivity contribution in [1.82, 2.24) is 4.31 Å². The van der Waals surface area contributed by atoms with Gasteiger partial charge in [0, 0.05) is 18.8 Å². The monoisotopic (exact) mass is 420 g/mol. The molecule has 2 aromatic carbocycles. The average Bonchev–Trinajstić information content (AvgIpc) is 2.67. The molecule has 3 rings (SSSR count). The Balaban J connectivity index is 1.79. The lowest BCUT2D eigenvalue weighted by atomic mass is 9.98. The fraction of sp³-hybridized carbons (Fsp3) is 0.381. The van der Waals surface area contributed by atoms with E-state index in [4.69, 9.17) is 4.74 Å². The van der Waals surface area contributed by atoms with Gasteiger partial charge < -0.3 is 10.1 Å². The zero-order valence-electron chi connectivity index (χ0n) is 16.7. The van der Waals surface area contributed by atoms with E-state index in [2.05, 4.69) is 5.32 Å². The van der Waals surface area contributed by atoms with E-state index in [1.165, 1.54) is 17.5 Å². The SMILES string of the molecule is COc1ccc(F)cc1S(=O)(=O)N1CCCC(C(=O)Nc2cc(C)cc(C)c2)C1. The number of ether oxygens (including phenoxy) is 1. The Morgan fingerprint density at radius 2 is 1.86 bits per heavy atom. The standard InChI is InChI=1S/C21H25FN2O4S/c1-14-9-15(2)11-18(10-14)23-21(25)16-5-4-8-24(13-16)29(26,27)20-12-17(22)6-7-19(20)28-3/h6-7,9-12,16H,4-5,8,13H2,1-3H3,(H,23,25). The zero-order valence-corrected chi connectivity index (χ0v) is 17.6. The van der Waals surface area contributed by atoms with E-state index in [0.29, 0.717) is 18.5 Å². The van der Waals surface area contributed by atoms with Crippen molar-refractivity contribution in [3.63, 3.8) is 0 Å². The summed E-state index contributed by atoms with van der Waals surface area (Å²) in [7, 11) is -2.66. The van der Waals surface area contributed by atoms with Crippen LogP contribution < -0.4 is 10.1 Å². The van der Waals surface area contributed by atoms with Gasteiger partial charge >= 0.3 is 0 Å². The molecule has 0 saturated carbocycles. The van der Waals surface area contributed by atoms with Gasteiger partial charge in [-0.15, -0.1) is 0 Å². The summed E-state index contributed by atoms with van der Waals surface area (Å²) in [6.45, 7) is 4.21. The molecular formula is C21H25FN2O4S. The van der Waals surface area contributed by atoms with Gasteiger partial charge in [-0.1, -0.05) is 6.07 Å². The van der Waals surface area contributed by atoms with Crippen LogP contribution >= 0.6 is 0 Å². The van der Waals surface area contributed by atoms with Gasteiger partial charge in [0.05, 0.1) is 13.0 Å². The predicted octanol–water partition coefficient (Wildman–Crippen LogP) is 3.49. The van der Waals surface area contributed by atoms with Gasteiger partial charge in [-0.3, -0.25) is 4.79 Å². The maximum Gasteiger partial charge on any atom is 0.246 e. The number of sulfonamides is 1. The molecule has 1 atom stereocenters. The van der Waals surface area contributed by atoms with Gasteiger partial charge in [0.15, 0.2) is 0 Å². The molecule has 1 unspecified atom stereocenters. The average molecular weight is 421 g/mol. The van der Waals surface area contributed by atoms with Crippen LogP contribution in [0.1, 0.15) is 24.0 Å². The summed E-state index contributed by atoms with van der Waals surface area (Å²) in [5.41, 5.74) is 2.76. The second-order valence-corrected chi connectivity index (χ2v) is 9.27. The Morgan fingerprint density at radius 3 is 2.52 bits per heavy atom. The zero-order chi connectivity index (χ0) is 21.2. The maximum absolute atomic E-state index is 13.7. The molecule has 1 aliphatic rings. The van der Waals surface area contributed by atoms with Crippen molar-refractivity contribution < 1.29 is 22.3 Å². The van der Waals surface area contributed by atoms with Gasteiger partial charge in [-0.05, 0) is 68.1 Å². The van der Waals surface area contributed by atoms with E-state index in [0.717, 1.165) is 23.3 Å². The smallest absolute Gasteiger partial charge is 0.246 e. The number of rotatable bonds is 5. The van der Waals surface area contributed by atoms with E-state index in [-0.39, 0.29) is 29.6 Å². The van der Waals surface area contributed by atoms with Gasteiger partial charge in [0.1, 0.15) is 16.5 Å². The molecule has 1 saturated heterocycles. The molecule has 1 fully saturated rings. The number of methoxy groups -OCH3 is 1. The first-order chi connectivity index (χ1) is 13.7. The highest BCUT2D eigenvalue weighted by Crippen LogP contribution is 2.30. The Bertz CT molecular complexity index is 1000. The predicted molar refractivity (Wildman–Crippen MR) is 109 cm³/mol. The summed E-state index contributed by atoms with van der Waals surface area (Å²) in [5.74, 6) is -1.29. The first-order valence-corrected chi connectivity index (χ1v) is 10.9. The van der Waals surface area contributed by atoms with Crippen LogP contribution in [-0.4, -0.2) is 38.8 Å². The number of aryl methyl sites for hydroxylation is 2. The molecule has 0 aliphatic carbocycles. The van der Waals surface area contributed by atoms with Crippen LogP contribution in [0.2, 0.25) is 0 Å². The van der Waals surface area contributed by atoms with Crippen molar-refractivity contribution in [2.45, 2.75) is 31.6 Å². The van der Waals surface area contributed by atoms with E-state index in [9.17, 15) is 17.6 Å². The molecule has 156 valence electrons.